The fraction of sp³-hybridized carbons (Fsp3) is 0.100. The molecule has 0 aliphatic carbocycles. The van der Waals surface area contributed by atoms with Crippen molar-refractivity contribution in [2.24, 2.45) is 0 Å². The molecule has 0 aliphatic heterocycles. The molecule has 0 atom stereocenters. The minimum Gasteiger partial charge on any atom is -0.337 e. The number of hydrogen-bond donors (Lipinski definition) is 0. The minimum atomic E-state index is -0.530. The first kappa shape index (κ1) is 18.1. The Morgan fingerprint density at radius 3 is 2.57 bits per heavy atom. The van der Waals surface area contributed by atoms with E-state index < -0.39 is 5.82 Å². The van der Waals surface area contributed by atoms with Crippen LogP contribution in [-0.4, -0.2) is 19.9 Å². The Hall–Kier alpha value is -3.32. The molecule has 4 rings (SSSR count). The van der Waals surface area contributed by atoms with E-state index in [0.717, 1.165) is 11.1 Å². The summed E-state index contributed by atoms with van der Waals surface area (Å²) >= 11 is 5.79. The molecule has 8 heteroatoms. The van der Waals surface area contributed by atoms with Gasteiger partial charge in [-0.1, -0.05) is 46.6 Å². The van der Waals surface area contributed by atoms with Gasteiger partial charge in [0.25, 0.3) is 5.56 Å². The molecule has 28 heavy (non-hydrogen) atoms. The molecular formula is C20H14ClFN4O2. The summed E-state index contributed by atoms with van der Waals surface area (Å²) in [6.07, 6.45) is 0. The Morgan fingerprint density at radius 2 is 1.82 bits per heavy atom. The Morgan fingerprint density at radius 1 is 1.07 bits per heavy atom. The van der Waals surface area contributed by atoms with Crippen LogP contribution in [0.2, 0.25) is 5.02 Å². The lowest BCUT2D eigenvalue weighted by Crippen LogP contribution is -2.23. The van der Waals surface area contributed by atoms with Crippen LogP contribution in [0.4, 0.5) is 4.39 Å². The van der Waals surface area contributed by atoms with Crippen molar-refractivity contribution in [2.75, 3.05) is 0 Å². The third-order valence-corrected chi connectivity index (χ3v) is 4.43. The molecule has 0 saturated heterocycles. The zero-order valence-electron chi connectivity index (χ0n) is 14.8. The molecule has 4 aromatic rings. The number of nitrogens with zero attached hydrogens (tertiary/aromatic N) is 4. The number of rotatable bonds is 4. The minimum absolute atomic E-state index is 0.0143. The standard InChI is InChI=1S/C20H14ClFN4O2/c1-12-2-4-13(5-3-12)17-8-9-19(27)26(24-17)11-18-23-20(25-28-18)14-6-7-16(22)15(21)10-14/h2-10H,11H2,1H3. The maximum Gasteiger partial charge on any atom is 0.267 e. The molecule has 0 bridgehead atoms. The van der Waals surface area contributed by atoms with E-state index >= 15 is 0 Å². The first-order valence-electron chi connectivity index (χ1n) is 8.43. The van der Waals surface area contributed by atoms with Crippen LogP contribution in [0.25, 0.3) is 22.6 Å². The van der Waals surface area contributed by atoms with E-state index in [0.29, 0.717) is 11.3 Å². The second-order valence-corrected chi connectivity index (χ2v) is 6.63. The van der Waals surface area contributed by atoms with Crippen LogP contribution in [0.1, 0.15) is 11.5 Å². The van der Waals surface area contributed by atoms with Gasteiger partial charge < -0.3 is 4.52 Å². The Balaban J connectivity index is 1.62. The second kappa shape index (κ2) is 7.36. The number of halogens is 2. The van der Waals surface area contributed by atoms with Crippen molar-refractivity contribution in [3.05, 3.63) is 87.2 Å². The molecule has 0 N–H and O–H groups in total. The predicted molar refractivity (Wildman–Crippen MR) is 102 cm³/mol. The second-order valence-electron chi connectivity index (χ2n) is 6.22. The van der Waals surface area contributed by atoms with E-state index in [-0.39, 0.29) is 28.8 Å². The van der Waals surface area contributed by atoms with Crippen LogP contribution in [-0.2, 0) is 6.54 Å². The molecule has 2 heterocycles. The molecular weight excluding hydrogens is 383 g/mol. The lowest BCUT2D eigenvalue weighted by molar-refractivity contribution is 0.363. The Bertz CT molecular complexity index is 1200. The summed E-state index contributed by atoms with van der Waals surface area (Å²) in [5.41, 5.74) is 2.91. The Kier molecular flexibility index (Phi) is 4.75. The van der Waals surface area contributed by atoms with Gasteiger partial charge in [0.15, 0.2) is 0 Å². The van der Waals surface area contributed by atoms with Gasteiger partial charge in [-0.2, -0.15) is 10.1 Å². The highest BCUT2D eigenvalue weighted by Gasteiger charge is 2.13. The van der Waals surface area contributed by atoms with Crippen LogP contribution in [0.5, 0.6) is 0 Å². The molecule has 0 aliphatic rings. The molecule has 2 aromatic heterocycles. The molecule has 0 fully saturated rings. The number of aromatic nitrogens is 4. The zero-order valence-corrected chi connectivity index (χ0v) is 15.5. The summed E-state index contributed by atoms with van der Waals surface area (Å²) in [5, 5.41) is 8.21. The number of benzene rings is 2. The first-order valence-corrected chi connectivity index (χ1v) is 8.80. The first-order chi connectivity index (χ1) is 13.5. The van der Waals surface area contributed by atoms with Crippen molar-refractivity contribution < 1.29 is 8.91 Å². The molecule has 0 spiro atoms. The zero-order chi connectivity index (χ0) is 19.7. The molecule has 140 valence electrons. The van der Waals surface area contributed by atoms with Crippen molar-refractivity contribution in [2.45, 2.75) is 13.5 Å². The predicted octanol–water partition coefficient (Wildman–Crippen LogP) is 4.11. The number of hydrogen-bond acceptors (Lipinski definition) is 5. The van der Waals surface area contributed by atoms with E-state index in [1.165, 1.54) is 28.9 Å². The van der Waals surface area contributed by atoms with Gasteiger partial charge in [0, 0.05) is 17.2 Å². The van der Waals surface area contributed by atoms with Crippen molar-refractivity contribution >= 4 is 11.6 Å². The quantitative estimate of drug-likeness (QED) is 0.519. The van der Waals surface area contributed by atoms with E-state index in [4.69, 9.17) is 16.1 Å². The van der Waals surface area contributed by atoms with Gasteiger partial charge >= 0.3 is 0 Å². The van der Waals surface area contributed by atoms with E-state index in [1.807, 2.05) is 31.2 Å². The summed E-state index contributed by atoms with van der Waals surface area (Å²) < 4.78 is 19.8. The molecule has 0 radical (unpaired) electrons. The van der Waals surface area contributed by atoms with Crippen LogP contribution in [0, 0.1) is 12.7 Å². The van der Waals surface area contributed by atoms with Gasteiger partial charge in [-0.05, 0) is 31.2 Å². The van der Waals surface area contributed by atoms with Crippen molar-refractivity contribution in [3.8, 4) is 22.6 Å². The van der Waals surface area contributed by atoms with Gasteiger partial charge in [0.1, 0.15) is 12.4 Å². The van der Waals surface area contributed by atoms with Crippen LogP contribution < -0.4 is 5.56 Å². The smallest absolute Gasteiger partial charge is 0.267 e. The maximum atomic E-state index is 13.3. The fourth-order valence-corrected chi connectivity index (χ4v) is 2.82. The SMILES string of the molecule is Cc1ccc(-c2ccc(=O)n(Cc3nc(-c4ccc(F)c(Cl)c4)no3)n2)cc1. The molecule has 2 aromatic carbocycles. The molecule has 0 unspecified atom stereocenters. The average Bonchev–Trinajstić information content (AvgIpc) is 3.15. The van der Waals surface area contributed by atoms with Crippen LogP contribution >= 0.6 is 11.6 Å². The van der Waals surface area contributed by atoms with E-state index in [9.17, 15) is 9.18 Å². The maximum absolute atomic E-state index is 13.3. The lowest BCUT2D eigenvalue weighted by atomic mass is 10.1. The monoisotopic (exact) mass is 396 g/mol. The highest BCUT2D eigenvalue weighted by Crippen LogP contribution is 2.23. The summed E-state index contributed by atoms with van der Waals surface area (Å²) in [5.74, 6) is -0.0800. The van der Waals surface area contributed by atoms with Gasteiger partial charge in [0.05, 0.1) is 10.7 Å². The van der Waals surface area contributed by atoms with Crippen molar-refractivity contribution in [1.82, 2.24) is 19.9 Å². The normalized spacial score (nSPS) is 11.0. The summed E-state index contributed by atoms with van der Waals surface area (Å²) in [6, 6.07) is 15.1. The summed E-state index contributed by atoms with van der Waals surface area (Å²) in [7, 11) is 0. The highest BCUT2D eigenvalue weighted by atomic mass is 35.5. The van der Waals surface area contributed by atoms with Crippen molar-refractivity contribution in [3.63, 3.8) is 0 Å². The van der Waals surface area contributed by atoms with Gasteiger partial charge in [-0.25, -0.2) is 9.07 Å². The van der Waals surface area contributed by atoms with Crippen LogP contribution in [0.15, 0.2) is 63.9 Å². The number of aryl methyl sites for hydroxylation is 1. The third kappa shape index (κ3) is 3.70. The molecule has 0 saturated carbocycles. The summed E-state index contributed by atoms with van der Waals surface area (Å²) in [4.78, 5) is 16.4. The highest BCUT2D eigenvalue weighted by molar-refractivity contribution is 6.31. The van der Waals surface area contributed by atoms with Gasteiger partial charge in [-0.3, -0.25) is 4.79 Å². The largest absolute Gasteiger partial charge is 0.337 e. The topological polar surface area (TPSA) is 73.8 Å². The van der Waals surface area contributed by atoms with E-state index in [2.05, 4.69) is 15.2 Å². The van der Waals surface area contributed by atoms with Gasteiger partial charge in [0.2, 0.25) is 11.7 Å². The van der Waals surface area contributed by atoms with E-state index in [1.54, 1.807) is 6.07 Å². The van der Waals surface area contributed by atoms with Crippen molar-refractivity contribution in [1.29, 1.82) is 0 Å². The molecule has 0 amide bonds. The average molecular weight is 397 g/mol. The lowest BCUT2D eigenvalue weighted by Gasteiger charge is -2.05. The Labute approximate surface area is 164 Å². The molecule has 6 nitrogen and oxygen atoms in total. The van der Waals surface area contributed by atoms with Crippen LogP contribution in [0.3, 0.4) is 0 Å². The fourth-order valence-electron chi connectivity index (χ4n) is 2.64. The third-order valence-electron chi connectivity index (χ3n) is 4.14. The summed E-state index contributed by atoms with van der Waals surface area (Å²) in [6.45, 7) is 2.01. The van der Waals surface area contributed by atoms with Gasteiger partial charge in [-0.15, -0.1) is 0 Å².